The van der Waals surface area contributed by atoms with Gasteiger partial charge in [-0.3, -0.25) is 0 Å². The third kappa shape index (κ3) is 6.10. The molecule has 1 fully saturated rings. The van der Waals surface area contributed by atoms with Crippen molar-refractivity contribution in [1.29, 1.82) is 0 Å². The lowest BCUT2D eigenvalue weighted by Gasteiger charge is -2.44. The van der Waals surface area contributed by atoms with E-state index in [-0.39, 0.29) is 23.6 Å². The standard InChI is InChI=1S/C24H25ClF3N3O7/c1-23(10-31-12-29-11-30-31,38-22-21(35)20(34)19(33)18(9-32)37-22)16-7-6-15(8-17(16)24(26,27)28)36-14-4-2-13(25)3-5-14/h2-8,11-12,18-22,32-35H,9-10H2,1H3/t18-,19-,20+,21-,22-,23?/m1/s1. The van der Waals surface area contributed by atoms with Gasteiger partial charge in [0.15, 0.2) is 6.29 Å². The second-order valence-electron chi connectivity index (χ2n) is 8.90. The van der Waals surface area contributed by atoms with Crippen molar-refractivity contribution >= 4 is 11.6 Å². The van der Waals surface area contributed by atoms with Gasteiger partial charge in [-0.25, -0.2) is 9.67 Å². The lowest BCUT2D eigenvalue weighted by atomic mass is 9.89. The molecule has 6 atom stereocenters. The van der Waals surface area contributed by atoms with Crippen molar-refractivity contribution in [2.75, 3.05) is 6.61 Å². The Hall–Kier alpha value is -2.78. The molecule has 2 aromatic carbocycles. The molecule has 0 spiro atoms. The first kappa shape index (κ1) is 28.2. The van der Waals surface area contributed by atoms with Gasteiger partial charge in [-0.15, -0.1) is 0 Å². The molecule has 4 N–H and O–H groups in total. The summed E-state index contributed by atoms with van der Waals surface area (Å²) in [5, 5.41) is 44.6. The van der Waals surface area contributed by atoms with Gasteiger partial charge in [-0.05, 0) is 48.9 Å². The van der Waals surface area contributed by atoms with Crippen LogP contribution in [0.1, 0.15) is 18.1 Å². The predicted octanol–water partition coefficient (Wildman–Crippen LogP) is 2.47. The fourth-order valence-electron chi connectivity index (χ4n) is 4.15. The molecule has 3 aromatic rings. The number of alkyl halides is 3. The molecule has 1 saturated heterocycles. The van der Waals surface area contributed by atoms with Crippen LogP contribution in [0, 0.1) is 0 Å². The van der Waals surface area contributed by atoms with Crippen LogP contribution < -0.4 is 4.74 Å². The van der Waals surface area contributed by atoms with Crippen LogP contribution in [0.3, 0.4) is 0 Å². The van der Waals surface area contributed by atoms with E-state index >= 15 is 0 Å². The van der Waals surface area contributed by atoms with E-state index in [0.717, 1.165) is 12.1 Å². The normalized spacial score (nSPS) is 25.7. The number of benzene rings is 2. The van der Waals surface area contributed by atoms with Gasteiger partial charge in [-0.2, -0.15) is 18.3 Å². The van der Waals surface area contributed by atoms with Crippen LogP contribution in [-0.4, -0.2) is 72.5 Å². The van der Waals surface area contributed by atoms with E-state index in [0.29, 0.717) is 5.02 Å². The van der Waals surface area contributed by atoms with E-state index in [1.54, 1.807) is 0 Å². The minimum atomic E-state index is -4.86. The molecular formula is C24H25ClF3N3O7. The van der Waals surface area contributed by atoms with Gasteiger partial charge >= 0.3 is 6.18 Å². The van der Waals surface area contributed by atoms with Crippen LogP contribution in [0.15, 0.2) is 55.1 Å². The molecule has 38 heavy (non-hydrogen) atoms. The Morgan fingerprint density at radius 1 is 1.00 bits per heavy atom. The maximum absolute atomic E-state index is 14.4. The van der Waals surface area contributed by atoms with Crippen LogP contribution in [0.2, 0.25) is 5.02 Å². The first-order valence-corrected chi connectivity index (χ1v) is 11.7. The van der Waals surface area contributed by atoms with E-state index in [4.69, 9.17) is 25.8 Å². The number of rotatable bonds is 8. The van der Waals surface area contributed by atoms with Crippen molar-refractivity contribution in [3.63, 3.8) is 0 Å². The zero-order valence-electron chi connectivity index (χ0n) is 19.9. The van der Waals surface area contributed by atoms with Crippen LogP contribution >= 0.6 is 11.6 Å². The van der Waals surface area contributed by atoms with Crippen molar-refractivity contribution in [2.24, 2.45) is 0 Å². The Labute approximate surface area is 219 Å². The molecule has 14 heteroatoms. The zero-order chi connectivity index (χ0) is 27.7. The van der Waals surface area contributed by atoms with E-state index < -0.39 is 54.7 Å². The first-order valence-electron chi connectivity index (χ1n) is 11.4. The Kier molecular flexibility index (Phi) is 8.28. The highest BCUT2D eigenvalue weighted by Gasteiger charge is 2.49. The molecule has 2 heterocycles. The van der Waals surface area contributed by atoms with Crippen molar-refractivity contribution < 1.29 is 47.8 Å². The Morgan fingerprint density at radius 2 is 1.68 bits per heavy atom. The average Bonchev–Trinajstić information content (AvgIpc) is 3.38. The summed E-state index contributed by atoms with van der Waals surface area (Å²) < 4.78 is 61.2. The smallest absolute Gasteiger partial charge is 0.416 e. The van der Waals surface area contributed by atoms with E-state index in [1.807, 2.05) is 0 Å². The van der Waals surface area contributed by atoms with Crippen molar-refractivity contribution in [2.45, 2.75) is 56.0 Å². The maximum Gasteiger partial charge on any atom is 0.416 e. The van der Waals surface area contributed by atoms with Gasteiger partial charge in [0.1, 0.15) is 54.2 Å². The number of hydrogen-bond donors (Lipinski definition) is 4. The Bertz CT molecular complexity index is 1210. The van der Waals surface area contributed by atoms with Crippen LogP contribution in [0.5, 0.6) is 11.5 Å². The molecule has 0 bridgehead atoms. The summed E-state index contributed by atoms with van der Waals surface area (Å²) in [6, 6.07) is 9.34. The largest absolute Gasteiger partial charge is 0.457 e. The fourth-order valence-corrected chi connectivity index (χ4v) is 4.28. The van der Waals surface area contributed by atoms with Gasteiger partial charge in [0.2, 0.25) is 0 Å². The highest BCUT2D eigenvalue weighted by Crippen LogP contribution is 2.43. The predicted molar refractivity (Wildman–Crippen MR) is 125 cm³/mol. The quantitative estimate of drug-likeness (QED) is 0.328. The van der Waals surface area contributed by atoms with Gasteiger partial charge in [-0.1, -0.05) is 17.7 Å². The molecule has 1 unspecified atom stereocenters. The third-order valence-electron chi connectivity index (χ3n) is 6.07. The Balaban J connectivity index is 1.74. The molecule has 4 rings (SSSR count). The van der Waals surface area contributed by atoms with Crippen molar-refractivity contribution in [3.05, 3.63) is 71.3 Å². The first-order chi connectivity index (χ1) is 17.9. The molecular weight excluding hydrogens is 535 g/mol. The topological polar surface area (TPSA) is 139 Å². The molecule has 0 saturated carbocycles. The second kappa shape index (κ2) is 11.1. The number of nitrogens with zero attached hydrogens (tertiary/aromatic N) is 3. The lowest BCUT2D eigenvalue weighted by Crippen LogP contribution is -2.60. The minimum absolute atomic E-state index is 0.112. The van der Waals surface area contributed by atoms with E-state index in [9.17, 15) is 33.6 Å². The second-order valence-corrected chi connectivity index (χ2v) is 9.34. The molecule has 1 aliphatic rings. The minimum Gasteiger partial charge on any atom is -0.457 e. The number of halogens is 4. The van der Waals surface area contributed by atoms with Crippen molar-refractivity contribution in [3.8, 4) is 11.5 Å². The summed E-state index contributed by atoms with van der Waals surface area (Å²) in [5.74, 6) is 0.151. The molecule has 1 aromatic heterocycles. The summed E-state index contributed by atoms with van der Waals surface area (Å²) in [6.07, 6.45) is -10.8. The molecule has 10 nitrogen and oxygen atoms in total. The molecule has 1 aliphatic heterocycles. The number of hydrogen-bond acceptors (Lipinski definition) is 9. The maximum atomic E-state index is 14.4. The van der Waals surface area contributed by atoms with Crippen LogP contribution in [0.4, 0.5) is 13.2 Å². The van der Waals surface area contributed by atoms with Gasteiger partial charge < -0.3 is 34.6 Å². The number of aliphatic hydroxyl groups is 4. The van der Waals surface area contributed by atoms with Crippen LogP contribution in [-0.2, 0) is 27.8 Å². The fraction of sp³-hybridized carbons (Fsp3) is 0.417. The van der Waals surface area contributed by atoms with E-state index in [2.05, 4.69) is 10.1 Å². The van der Waals surface area contributed by atoms with Gasteiger partial charge in [0, 0.05) is 5.02 Å². The van der Waals surface area contributed by atoms with Crippen LogP contribution in [0.25, 0.3) is 0 Å². The number of aromatic nitrogens is 3. The summed E-state index contributed by atoms with van der Waals surface area (Å²) in [6.45, 7) is 0.262. The average molecular weight is 560 g/mol. The highest BCUT2D eigenvalue weighted by molar-refractivity contribution is 6.30. The van der Waals surface area contributed by atoms with Gasteiger partial charge in [0.25, 0.3) is 0 Å². The third-order valence-corrected chi connectivity index (χ3v) is 6.32. The summed E-state index contributed by atoms with van der Waals surface area (Å²) in [7, 11) is 0. The molecule has 206 valence electrons. The number of aliphatic hydroxyl groups excluding tert-OH is 4. The monoisotopic (exact) mass is 559 g/mol. The molecule has 0 radical (unpaired) electrons. The zero-order valence-corrected chi connectivity index (χ0v) is 20.6. The number of ether oxygens (including phenoxy) is 3. The Morgan fingerprint density at radius 3 is 2.29 bits per heavy atom. The van der Waals surface area contributed by atoms with E-state index in [1.165, 1.54) is 54.6 Å². The SMILES string of the molecule is CC(Cn1cncn1)(O[C@H]1O[C@H](CO)[C@@H](O)[C@H](O)[C@H]1O)c1ccc(Oc2ccc(Cl)cc2)cc1C(F)(F)F. The highest BCUT2D eigenvalue weighted by atomic mass is 35.5. The molecule has 0 amide bonds. The summed E-state index contributed by atoms with van der Waals surface area (Å²) in [5.41, 5.74) is -3.34. The van der Waals surface area contributed by atoms with Gasteiger partial charge in [0.05, 0.1) is 18.7 Å². The summed E-state index contributed by atoms with van der Waals surface area (Å²) >= 11 is 5.85. The molecule has 0 aliphatic carbocycles. The summed E-state index contributed by atoms with van der Waals surface area (Å²) in [4.78, 5) is 3.81. The van der Waals surface area contributed by atoms with Crippen molar-refractivity contribution in [1.82, 2.24) is 14.8 Å². The lowest BCUT2D eigenvalue weighted by molar-refractivity contribution is -0.329.